The van der Waals surface area contributed by atoms with E-state index in [1.165, 1.54) is 22.9 Å². The largest absolute Gasteiger partial charge is 0.351 e. The van der Waals surface area contributed by atoms with Gasteiger partial charge in [0.15, 0.2) is 0 Å². The molecule has 180 valence electrons. The molecule has 2 amide bonds. The highest BCUT2D eigenvalue weighted by Gasteiger charge is 2.23. The van der Waals surface area contributed by atoms with E-state index < -0.39 is 0 Å². The Bertz CT molecular complexity index is 1220. The van der Waals surface area contributed by atoms with E-state index >= 15 is 0 Å². The van der Waals surface area contributed by atoms with Crippen molar-refractivity contribution in [2.45, 2.75) is 44.3 Å². The molecule has 0 radical (unpaired) electrons. The van der Waals surface area contributed by atoms with Crippen molar-refractivity contribution in [1.29, 1.82) is 0 Å². The van der Waals surface area contributed by atoms with Crippen molar-refractivity contribution < 1.29 is 9.59 Å². The van der Waals surface area contributed by atoms with Crippen molar-refractivity contribution in [3.05, 3.63) is 63.6 Å². The van der Waals surface area contributed by atoms with Crippen LogP contribution in [0.4, 0.5) is 5.95 Å². The first kappa shape index (κ1) is 23.7. The van der Waals surface area contributed by atoms with Gasteiger partial charge in [0.1, 0.15) is 0 Å². The van der Waals surface area contributed by atoms with Crippen LogP contribution in [0.15, 0.2) is 52.3 Å². The maximum Gasteiger partial charge on any atom is 0.264 e. The van der Waals surface area contributed by atoms with Crippen LogP contribution in [0.2, 0.25) is 0 Å². The zero-order chi connectivity index (χ0) is 24.0. The Morgan fingerprint density at radius 3 is 2.71 bits per heavy atom. The molecule has 1 aliphatic carbocycles. The highest BCUT2D eigenvalue weighted by atomic mass is 32.2. The minimum atomic E-state index is -0.376. The molecule has 0 unspecified atom stereocenters. The van der Waals surface area contributed by atoms with Crippen molar-refractivity contribution in [2.24, 2.45) is 0 Å². The van der Waals surface area contributed by atoms with Crippen LogP contribution in [0, 0.1) is 0 Å². The maximum absolute atomic E-state index is 12.0. The highest BCUT2D eigenvalue weighted by Crippen LogP contribution is 2.26. The molecule has 2 aliphatic rings. The Balaban J connectivity index is 1.13. The van der Waals surface area contributed by atoms with Crippen LogP contribution < -0.4 is 16.0 Å². The molecular weight excluding hydrogens is 480 g/mol. The Labute approximate surface area is 212 Å². The molecule has 0 spiro atoms. The van der Waals surface area contributed by atoms with Crippen LogP contribution >= 0.6 is 23.1 Å². The predicted molar refractivity (Wildman–Crippen MR) is 140 cm³/mol. The van der Waals surface area contributed by atoms with Crippen molar-refractivity contribution in [3.63, 3.8) is 0 Å². The van der Waals surface area contributed by atoms with Gasteiger partial charge in [0.05, 0.1) is 22.0 Å². The van der Waals surface area contributed by atoms with Gasteiger partial charge in [0.25, 0.3) is 5.91 Å². The summed E-state index contributed by atoms with van der Waals surface area (Å²) in [6, 6.07) is 8.78. The normalized spacial score (nSPS) is 21.7. The Kier molecular flexibility index (Phi) is 7.51. The summed E-state index contributed by atoms with van der Waals surface area (Å²) < 4.78 is 0. The molecule has 1 saturated heterocycles. The Morgan fingerprint density at radius 1 is 1.06 bits per heavy atom. The van der Waals surface area contributed by atoms with Gasteiger partial charge < -0.3 is 10.6 Å². The van der Waals surface area contributed by atoms with Gasteiger partial charge in [-0.3, -0.25) is 19.9 Å². The summed E-state index contributed by atoms with van der Waals surface area (Å²) >= 11 is 2.92. The van der Waals surface area contributed by atoms with Crippen LogP contribution in [-0.2, 0) is 16.1 Å². The monoisotopic (exact) mass is 506 g/mol. The summed E-state index contributed by atoms with van der Waals surface area (Å²) in [7, 11) is 0. The number of carbonyl (C=O) groups is 2. The van der Waals surface area contributed by atoms with Gasteiger partial charge in [-0.15, -0.1) is 11.8 Å². The lowest BCUT2D eigenvalue weighted by molar-refractivity contribution is -0.126. The lowest BCUT2D eigenvalue weighted by atomic mass is 9.91. The minimum Gasteiger partial charge on any atom is -0.351 e. The molecule has 8 nitrogen and oxygen atoms in total. The van der Waals surface area contributed by atoms with Crippen LogP contribution in [0.1, 0.15) is 36.9 Å². The number of hydrogen-bond acceptors (Lipinski definition) is 9. The molecule has 35 heavy (non-hydrogen) atoms. The first-order valence-corrected chi connectivity index (χ1v) is 13.5. The number of aromatic nitrogens is 3. The zero-order valence-corrected chi connectivity index (χ0v) is 20.7. The molecule has 1 saturated carbocycles. The Morgan fingerprint density at radius 2 is 1.91 bits per heavy atom. The number of imide groups is 1. The third kappa shape index (κ3) is 6.14. The lowest BCUT2D eigenvalue weighted by Crippen LogP contribution is -2.37. The number of anilines is 1. The van der Waals surface area contributed by atoms with Crippen LogP contribution in [0.5, 0.6) is 0 Å². The fourth-order valence-corrected chi connectivity index (χ4v) is 5.70. The van der Waals surface area contributed by atoms with Gasteiger partial charge in [-0.2, -0.15) is 11.3 Å². The van der Waals surface area contributed by atoms with Crippen molar-refractivity contribution in [1.82, 2.24) is 25.6 Å². The molecular formula is C25H26N6O2S2. The van der Waals surface area contributed by atoms with E-state index in [0.29, 0.717) is 28.6 Å². The predicted octanol–water partition coefficient (Wildman–Crippen LogP) is 3.84. The van der Waals surface area contributed by atoms with Crippen molar-refractivity contribution in [3.8, 4) is 11.3 Å². The van der Waals surface area contributed by atoms with Crippen LogP contribution in [0.25, 0.3) is 17.3 Å². The standard InChI is InChI=1S/C25H26N6O2S2/c32-22-15-35-21(24(33)31-22)12-20-7-10-27-25(30-20)29-19-5-3-18(4-6-19)28-13-16-2-1-9-26-23(16)17-8-11-34-14-17/h1-2,7-12,14,18-19,28H,3-6,13,15H2,(H,27,29,30)(H,31,32,33)/b21-12-. The van der Waals surface area contributed by atoms with Crippen molar-refractivity contribution >= 4 is 46.9 Å². The average molecular weight is 507 g/mol. The topological polar surface area (TPSA) is 109 Å². The first-order chi connectivity index (χ1) is 17.1. The van der Waals surface area contributed by atoms with E-state index in [1.54, 1.807) is 29.7 Å². The highest BCUT2D eigenvalue weighted by molar-refractivity contribution is 8.04. The van der Waals surface area contributed by atoms with Gasteiger partial charge >= 0.3 is 0 Å². The number of nitrogens with zero attached hydrogens (tertiary/aromatic N) is 3. The Hall–Kier alpha value is -3.08. The quantitative estimate of drug-likeness (QED) is 0.328. The second-order valence-electron chi connectivity index (χ2n) is 8.58. The first-order valence-electron chi connectivity index (χ1n) is 11.6. The number of carbonyl (C=O) groups excluding carboxylic acids is 2. The third-order valence-electron chi connectivity index (χ3n) is 6.12. The van der Waals surface area contributed by atoms with Gasteiger partial charge in [-0.05, 0) is 60.9 Å². The maximum atomic E-state index is 12.0. The molecule has 1 aliphatic heterocycles. The molecule has 3 N–H and O–H groups in total. The summed E-state index contributed by atoms with van der Waals surface area (Å²) in [6.45, 7) is 0.804. The molecule has 2 fully saturated rings. The molecule has 10 heteroatoms. The molecule has 0 aromatic carbocycles. The number of thioether (sulfide) groups is 1. The SMILES string of the molecule is O=C1CS/C(=C\c2ccnc(NC3CCC(NCc4cccnc4-c4ccsc4)CC3)n2)C(=O)N1. The second kappa shape index (κ2) is 11.1. The molecule has 3 aromatic rings. The van der Waals surface area contributed by atoms with Gasteiger partial charge in [0, 0.05) is 42.0 Å². The zero-order valence-electron chi connectivity index (χ0n) is 19.1. The van der Waals surface area contributed by atoms with Gasteiger partial charge in [0.2, 0.25) is 11.9 Å². The molecule has 4 heterocycles. The van der Waals surface area contributed by atoms with Gasteiger partial charge in [-0.1, -0.05) is 6.07 Å². The van der Waals surface area contributed by atoms with Crippen molar-refractivity contribution in [2.75, 3.05) is 11.1 Å². The van der Waals surface area contributed by atoms with E-state index in [4.69, 9.17) is 0 Å². The number of rotatable bonds is 7. The molecule has 3 aromatic heterocycles. The molecule has 0 bridgehead atoms. The molecule has 0 atom stereocenters. The second-order valence-corrected chi connectivity index (χ2v) is 10.4. The number of hydrogen-bond donors (Lipinski definition) is 3. The summed E-state index contributed by atoms with van der Waals surface area (Å²) in [4.78, 5) is 37.3. The minimum absolute atomic E-state index is 0.237. The third-order valence-corrected chi connectivity index (χ3v) is 7.82. The smallest absolute Gasteiger partial charge is 0.264 e. The van der Waals surface area contributed by atoms with E-state index in [1.807, 2.05) is 12.3 Å². The molecule has 5 rings (SSSR count). The summed E-state index contributed by atoms with van der Waals surface area (Å²) in [6.07, 6.45) is 9.42. The van der Waals surface area contributed by atoms with Crippen LogP contribution in [-0.4, -0.2) is 44.6 Å². The van der Waals surface area contributed by atoms with E-state index in [2.05, 4.69) is 53.8 Å². The lowest BCUT2D eigenvalue weighted by Gasteiger charge is -2.30. The van der Waals surface area contributed by atoms with E-state index in [0.717, 1.165) is 37.9 Å². The summed E-state index contributed by atoms with van der Waals surface area (Å²) in [5.74, 6) is 0.152. The number of nitrogens with one attached hydrogen (secondary N) is 3. The fraction of sp³-hybridized carbons (Fsp3) is 0.320. The number of thiophene rings is 1. The number of amides is 2. The number of pyridine rings is 1. The van der Waals surface area contributed by atoms with E-state index in [-0.39, 0.29) is 17.6 Å². The van der Waals surface area contributed by atoms with E-state index in [9.17, 15) is 9.59 Å². The average Bonchev–Trinajstić information content (AvgIpc) is 3.41. The van der Waals surface area contributed by atoms with Gasteiger partial charge in [-0.25, -0.2) is 9.97 Å². The van der Waals surface area contributed by atoms with Crippen LogP contribution in [0.3, 0.4) is 0 Å². The summed E-state index contributed by atoms with van der Waals surface area (Å²) in [5.41, 5.74) is 4.09. The summed E-state index contributed by atoms with van der Waals surface area (Å²) in [5, 5.41) is 13.7. The fourth-order valence-electron chi connectivity index (χ4n) is 4.32.